The number of carbonyl (C=O) groups excluding carboxylic acids is 1. The van der Waals surface area contributed by atoms with Gasteiger partial charge < -0.3 is 0 Å². The summed E-state index contributed by atoms with van der Waals surface area (Å²) in [5.74, 6) is 0.766. The fraction of sp³-hybridized carbons (Fsp3) is 0.929. The average molecular weight is 212 g/mol. The van der Waals surface area contributed by atoms with Crippen molar-refractivity contribution < 1.29 is 4.79 Å². The molecule has 0 bridgehead atoms. The van der Waals surface area contributed by atoms with Crippen LogP contribution in [0.1, 0.15) is 78.6 Å². The molecular formula is C14H28O. The summed E-state index contributed by atoms with van der Waals surface area (Å²) in [6.45, 7) is 6.41. The molecule has 0 radical (unpaired) electrons. The Labute approximate surface area is 95.6 Å². The summed E-state index contributed by atoms with van der Waals surface area (Å²) in [6.07, 6.45) is 10.8. The summed E-state index contributed by atoms with van der Waals surface area (Å²) in [6, 6.07) is 0. The maximum atomic E-state index is 11.5. The van der Waals surface area contributed by atoms with Crippen LogP contribution in [0.4, 0.5) is 0 Å². The highest BCUT2D eigenvalue weighted by Crippen LogP contribution is 2.14. The summed E-state index contributed by atoms with van der Waals surface area (Å²) in [7, 11) is 0. The van der Waals surface area contributed by atoms with Gasteiger partial charge in [-0.05, 0) is 12.8 Å². The molecule has 0 aliphatic heterocycles. The van der Waals surface area contributed by atoms with E-state index in [0.29, 0.717) is 11.7 Å². The topological polar surface area (TPSA) is 17.1 Å². The minimum absolute atomic E-state index is 0.302. The van der Waals surface area contributed by atoms with E-state index in [1.807, 2.05) is 0 Å². The van der Waals surface area contributed by atoms with E-state index in [2.05, 4.69) is 20.8 Å². The number of hydrogen-bond donors (Lipinski definition) is 0. The minimum Gasteiger partial charge on any atom is -0.299 e. The zero-order chi connectivity index (χ0) is 11.5. The minimum atomic E-state index is 0.302. The molecule has 1 atom stereocenters. The second-order valence-electron chi connectivity index (χ2n) is 4.67. The lowest BCUT2D eigenvalue weighted by atomic mass is 9.96. The molecule has 0 aliphatic rings. The van der Waals surface area contributed by atoms with Crippen molar-refractivity contribution >= 4 is 5.78 Å². The molecule has 0 saturated carbocycles. The van der Waals surface area contributed by atoms with Crippen LogP contribution in [0.15, 0.2) is 0 Å². The Balaban J connectivity index is 3.30. The van der Waals surface area contributed by atoms with Crippen molar-refractivity contribution in [2.24, 2.45) is 5.92 Å². The van der Waals surface area contributed by atoms with Crippen molar-refractivity contribution in [3.63, 3.8) is 0 Å². The summed E-state index contributed by atoms with van der Waals surface area (Å²) in [4.78, 5) is 11.5. The van der Waals surface area contributed by atoms with Crippen molar-refractivity contribution in [2.45, 2.75) is 78.6 Å². The van der Waals surface area contributed by atoms with Crippen molar-refractivity contribution in [3.05, 3.63) is 0 Å². The Morgan fingerprint density at radius 2 is 1.53 bits per heavy atom. The molecule has 0 rings (SSSR count). The lowest BCUT2D eigenvalue weighted by molar-refractivity contribution is -0.122. The predicted molar refractivity (Wildman–Crippen MR) is 67.1 cm³/mol. The Kier molecular flexibility index (Phi) is 9.97. The normalized spacial score (nSPS) is 12.7. The van der Waals surface area contributed by atoms with Crippen LogP contribution in [0.5, 0.6) is 0 Å². The van der Waals surface area contributed by atoms with Gasteiger partial charge in [-0.25, -0.2) is 0 Å². The molecule has 1 unspecified atom stereocenters. The van der Waals surface area contributed by atoms with Crippen LogP contribution in [0.25, 0.3) is 0 Å². The highest BCUT2D eigenvalue weighted by atomic mass is 16.1. The van der Waals surface area contributed by atoms with Gasteiger partial charge in [0.2, 0.25) is 0 Å². The van der Waals surface area contributed by atoms with Crippen LogP contribution >= 0.6 is 0 Å². The molecule has 0 amide bonds. The highest BCUT2D eigenvalue weighted by Gasteiger charge is 2.10. The van der Waals surface area contributed by atoms with Gasteiger partial charge in [-0.2, -0.15) is 0 Å². The van der Waals surface area contributed by atoms with Crippen LogP contribution in [0.2, 0.25) is 0 Å². The first kappa shape index (κ1) is 14.7. The monoisotopic (exact) mass is 212 g/mol. The van der Waals surface area contributed by atoms with E-state index in [0.717, 1.165) is 19.3 Å². The van der Waals surface area contributed by atoms with Crippen molar-refractivity contribution in [2.75, 3.05) is 0 Å². The summed E-state index contributed by atoms with van der Waals surface area (Å²) >= 11 is 0. The van der Waals surface area contributed by atoms with Gasteiger partial charge in [-0.1, -0.05) is 59.3 Å². The van der Waals surface area contributed by atoms with E-state index in [-0.39, 0.29) is 0 Å². The number of carbonyl (C=O) groups is 1. The molecule has 0 fully saturated rings. The SMILES string of the molecule is CCCCCCCCC(C)C(=O)CCC. The average Bonchev–Trinajstić information content (AvgIpc) is 2.23. The Morgan fingerprint density at radius 3 is 2.13 bits per heavy atom. The number of ketones is 1. The maximum Gasteiger partial charge on any atom is 0.135 e. The van der Waals surface area contributed by atoms with Gasteiger partial charge in [0.1, 0.15) is 5.78 Å². The summed E-state index contributed by atoms with van der Waals surface area (Å²) < 4.78 is 0. The largest absolute Gasteiger partial charge is 0.299 e. The molecule has 0 heterocycles. The van der Waals surface area contributed by atoms with Crippen LogP contribution in [0.3, 0.4) is 0 Å². The summed E-state index contributed by atoms with van der Waals surface area (Å²) in [5.41, 5.74) is 0. The van der Waals surface area contributed by atoms with Crippen LogP contribution in [-0.2, 0) is 4.79 Å². The van der Waals surface area contributed by atoms with Crippen molar-refractivity contribution in [1.82, 2.24) is 0 Å². The van der Waals surface area contributed by atoms with Gasteiger partial charge in [0.25, 0.3) is 0 Å². The second kappa shape index (κ2) is 10.2. The molecule has 0 saturated heterocycles. The number of Topliss-reactive ketones (excluding diaryl/α,β-unsaturated/α-hetero) is 1. The third-order valence-electron chi connectivity index (χ3n) is 3.04. The van der Waals surface area contributed by atoms with Gasteiger partial charge in [0.15, 0.2) is 0 Å². The molecule has 15 heavy (non-hydrogen) atoms. The molecule has 0 aromatic heterocycles. The molecule has 0 N–H and O–H groups in total. The number of unbranched alkanes of at least 4 members (excludes halogenated alkanes) is 5. The fourth-order valence-corrected chi connectivity index (χ4v) is 1.88. The molecule has 0 aromatic carbocycles. The lowest BCUT2D eigenvalue weighted by Gasteiger charge is -2.09. The van der Waals surface area contributed by atoms with Crippen molar-refractivity contribution in [3.8, 4) is 0 Å². The van der Waals surface area contributed by atoms with Crippen molar-refractivity contribution in [1.29, 1.82) is 0 Å². The molecular weight excluding hydrogens is 184 g/mol. The van der Waals surface area contributed by atoms with E-state index in [4.69, 9.17) is 0 Å². The molecule has 0 spiro atoms. The molecule has 90 valence electrons. The fourth-order valence-electron chi connectivity index (χ4n) is 1.88. The third-order valence-corrected chi connectivity index (χ3v) is 3.04. The number of hydrogen-bond acceptors (Lipinski definition) is 1. The van der Waals surface area contributed by atoms with E-state index in [1.54, 1.807) is 0 Å². The standard InChI is InChI=1S/C14H28O/c1-4-6-7-8-9-10-12-13(3)14(15)11-5-2/h13H,4-12H2,1-3H3. The molecule has 1 nitrogen and oxygen atoms in total. The smallest absolute Gasteiger partial charge is 0.135 e. The van der Waals surface area contributed by atoms with Gasteiger partial charge >= 0.3 is 0 Å². The first-order valence-corrected chi connectivity index (χ1v) is 6.75. The zero-order valence-corrected chi connectivity index (χ0v) is 10.8. The Morgan fingerprint density at radius 1 is 0.933 bits per heavy atom. The molecule has 0 aliphatic carbocycles. The third kappa shape index (κ3) is 8.65. The zero-order valence-electron chi connectivity index (χ0n) is 10.8. The Bertz CT molecular complexity index is 151. The highest BCUT2D eigenvalue weighted by molar-refractivity contribution is 5.80. The second-order valence-corrected chi connectivity index (χ2v) is 4.67. The van der Waals surface area contributed by atoms with E-state index in [1.165, 1.54) is 38.5 Å². The van der Waals surface area contributed by atoms with Crippen LogP contribution in [0, 0.1) is 5.92 Å². The maximum absolute atomic E-state index is 11.5. The summed E-state index contributed by atoms with van der Waals surface area (Å²) in [5, 5.41) is 0. The van der Waals surface area contributed by atoms with E-state index in [9.17, 15) is 4.79 Å². The lowest BCUT2D eigenvalue weighted by Crippen LogP contribution is -2.10. The molecule has 1 heteroatoms. The van der Waals surface area contributed by atoms with Gasteiger partial charge in [0.05, 0.1) is 0 Å². The Hall–Kier alpha value is -0.330. The van der Waals surface area contributed by atoms with Crippen LogP contribution in [-0.4, -0.2) is 5.78 Å². The van der Waals surface area contributed by atoms with Gasteiger partial charge in [0, 0.05) is 12.3 Å². The van der Waals surface area contributed by atoms with Gasteiger partial charge in [-0.15, -0.1) is 0 Å². The van der Waals surface area contributed by atoms with E-state index < -0.39 is 0 Å². The van der Waals surface area contributed by atoms with Gasteiger partial charge in [-0.3, -0.25) is 4.79 Å². The van der Waals surface area contributed by atoms with E-state index >= 15 is 0 Å². The number of rotatable bonds is 10. The molecule has 0 aromatic rings. The first-order valence-electron chi connectivity index (χ1n) is 6.75. The first-order chi connectivity index (χ1) is 7.22. The van der Waals surface area contributed by atoms with Crippen LogP contribution < -0.4 is 0 Å². The predicted octanol–water partition coefficient (Wildman–Crippen LogP) is 4.74. The quantitative estimate of drug-likeness (QED) is 0.478.